The van der Waals surface area contributed by atoms with E-state index in [-0.39, 0.29) is 35.4 Å². The molecule has 1 spiro atoms. The molecule has 4 aliphatic heterocycles. The van der Waals surface area contributed by atoms with Crippen LogP contribution in [0.5, 0.6) is 0 Å². The van der Waals surface area contributed by atoms with Crippen LogP contribution in [0, 0.1) is 11.3 Å². The third-order valence-corrected chi connectivity index (χ3v) is 9.92. The van der Waals surface area contributed by atoms with Crippen LogP contribution in [0.15, 0.2) is 30.3 Å². The largest absolute Gasteiger partial charge is 0.385 e. The van der Waals surface area contributed by atoms with Gasteiger partial charge in [0.1, 0.15) is 0 Å². The molecule has 41 heavy (non-hydrogen) atoms. The van der Waals surface area contributed by atoms with Gasteiger partial charge in [-0.3, -0.25) is 9.69 Å². The molecule has 0 radical (unpaired) electrons. The average molecular weight is 589 g/mol. The Hall–Kier alpha value is -1.83. The lowest BCUT2D eigenvalue weighted by atomic mass is 9.80. The summed E-state index contributed by atoms with van der Waals surface area (Å²) in [6, 6.07) is 12.3. The molecule has 2 unspecified atom stereocenters. The number of methoxy groups -OCH3 is 1. The van der Waals surface area contributed by atoms with E-state index in [1.807, 2.05) is 0 Å². The standard InChI is InChI=1S/C33H52N4O3.ClH/c1-24(2)37-31(39)34(15-10-16-40-6)23-33(37)17-27-13-14-28(18-33)36(27)21-26-20-35(30(38)19-32(3,4)5)22-29(26)25-11-8-7-9-12-25;/h7-9,11-12,24,26-29H,10,13-23H2,1-6H3;1H/t26-,27?,28?,29-,33?;/m1./s1. The van der Waals surface area contributed by atoms with E-state index in [4.69, 9.17) is 4.74 Å². The fraction of sp³-hybridized carbons (Fsp3) is 0.758. The van der Waals surface area contributed by atoms with Crippen molar-refractivity contribution in [1.29, 1.82) is 0 Å². The summed E-state index contributed by atoms with van der Waals surface area (Å²) in [5.74, 6) is 1.10. The Kier molecular flexibility index (Phi) is 10.0. The van der Waals surface area contributed by atoms with E-state index in [2.05, 4.69) is 84.6 Å². The molecule has 1 aromatic carbocycles. The predicted molar refractivity (Wildman–Crippen MR) is 166 cm³/mol. The monoisotopic (exact) mass is 588 g/mol. The second-order valence-electron chi connectivity index (χ2n) is 14.5. The third kappa shape index (κ3) is 6.73. The Morgan fingerprint density at radius 2 is 1.73 bits per heavy atom. The molecule has 4 fully saturated rings. The van der Waals surface area contributed by atoms with Crippen LogP contribution in [-0.2, 0) is 9.53 Å². The molecule has 4 aliphatic rings. The van der Waals surface area contributed by atoms with Gasteiger partial charge in [-0.2, -0.15) is 0 Å². The Balaban J connectivity index is 0.00000387. The number of carbonyl (C=O) groups excluding carboxylic acids is 2. The van der Waals surface area contributed by atoms with E-state index in [9.17, 15) is 9.59 Å². The van der Waals surface area contributed by atoms with Crippen LogP contribution in [-0.4, -0.2) is 102 Å². The zero-order chi connectivity index (χ0) is 28.7. The molecule has 0 aliphatic carbocycles. The van der Waals surface area contributed by atoms with Crippen molar-refractivity contribution in [3.8, 4) is 0 Å². The van der Waals surface area contributed by atoms with Gasteiger partial charge in [-0.15, -0.1) is 12.4 Å². The summed E-state index contributed by atoms with van der Waals surface area (Å²) in [4.78, 5) is 36.1. The minimum absolute atomic E-state index is 0. The molecule has 7 nitrogen and oxygen atoms in total. The third-order valence-electron chi connectivity index (χ3n) is 9.92. The van der Waals surface area contributed by atoms with Gasteiger partial charge in [0, 0.05) is 76.9 Å². The maximum atomic E-state index is 13.6. The van der Waals surface area contributed by atoms with Crippen molar-refractivity contribution in [3.05, 3.63) is 35.9 Å². The van der Waals surface area contributed by atoms with Gasteiger partial charge in [0.25, 0.3) is 0 Å². The topological polar surface area (TPSA) is 56.3 Å². The SMILES string of the molecule is COCCCN1CC2(CC3CCC(C2)N3C[C@H]2CN(C(=O)CC(C)(C)C)C[C@@H]2c2ccccc2)N(C(C)C)C1=O.Cl. The Labute approximate surface area is 254 Å². The van der Waals surface area contributed by atoms with Gasteiger partial charge in [-0.25, -0.2) is 4.79 Å². The Morgan fingerprint density at radius 3 is 2.32 bits per heavy atom. The summed E-state index contributed by atoms with van der Waals surface area (Å²) in [7, 11) is 1.73. The van der Waals surface area contributed by atoms with Crippen molar-refractivity contribution in [2.45, 2.75) is 103 Å². The van der Waals surface area contributed by atoms with E-state index < -0.39 is 0 Å². The number of urea groups is 1. The maximum absolute atomic E-state index is 13.6. The van der Waals surface area contributed by atoms with Crippen LogP contribution < -0.4 is 0 Å². The van der Waals surface area contributed by atoms with Gasteiger partial charge in [0.15, 0.2) is 0 Å². The lowest BCUT2D eigenvalue weighted by Crippen LogP contribution is -2.60. The molecule has 0 saturated carbocycles. The summed E-state index contributed by atoms with van der Waals surface area (Å²) in [6.45, 7) is 15.8. The molecule has 3 amide bonds. The second kappa shape index (κ2) is 12.8. The minimum atomic E-state index is -0.0656. The van der Waals surface area contributed by atoms with Crippen molar-refractivity contribution in [2.75, 3.05) is 46.4 Å². The lowest BCUT2D eigenvalue weighted by Gasteiger charge is -2.50. The van der Waals surface area contributed by atoms with E-state index in [1.165, 1.54) is 18.4 Å². The highest BCUT2D eigenvalue weighted by atomic mass is 35.5. The van der Waals surface area contributed by atoms with Crippen LogP contribution in [0.4, 0.5) is 4.79 Å². The molecule has 0 N–H and O–H groups in total. The average Bonchev–Trinajstić information content (AvgIpc) is 3.50. The lowest BCUT2D eigenvalue weighted by molar-refractivity contribution is -0.132. The number of halogens is 1. The molecule has 8 heteroatoms. The number of nitrogens with zero attached hydrogens (tertiary/aromatic N) is 4. The maximum Gasteiger partial charge on any atom is 0.320 e. The number of hydrogen-bond donors (Lipinski definition) is 0. The first kappa shape index (κ1) is 32.1. The van der Waals surface area contributed by atoms with E-state index in [0.29, 0.717) is 42.9 Å². The summed E-state index contributed by atoms with van der Waals surface area (Å²) >= 11 is 0. The first-order chi connectivity index (χ1) is 19.0. The van der Waals surface area contributed by atoms with Crippen LogP contribution in [0.2, 0.25) is 0 Å². The van der Waals surface area contributed by atoms with Gasteiger partial charge in [0.2, 0.25) is 5.91 Å². The Bertz CT molecular complexity index is 1030. The van der Waals surface area contributed by atoms with Crippen LogP contribution in [0.25, 0.3) is 0 Å². The van der Waals surface area contributed by atoms with Gasteiger partial charge >= 0.3 is 6.03 Å². The van der Waals surface area contributed by atoms with Crippen molar-refractivity contribution >= 4 is 24.3 Å². The van der Waals surface area contributed by atoms with E-state index in [1.54, 1.807) is 7.11 Å². The number of benzene rings is 1. The quantitative estimate of drug-likeness (QED) is 0.351. The number of ether oxygens (including phenoxy) is 1. The summed E-state index contributed by atoms with van der Waals surface area (Å²) in [5.41, 5.74) is 1.29. The summed E-state index contributed by atoms with van der Waals surface area (Å²) < 4.78 is 5.27. The fourth-order valence-electron chi connectivity index (χ4n) is 8.41. The number of fused-ring (bicyclic) bond motifs is 2. The summed E-state index contributed by atoms with van der Waals surface area (Å²) in [5, 5.41) is 0. The Morgan fingerprint density at radius 1 is 1.07 bits per heavy atom. The highest BCUT2D eigenvalue weighted by molar-refractivity contribution is 5.85. The second-order valence-corrected chi connectivity index (χ2v) is 14.5. The van der Waals surface area contributed by atoms with Gasteiger partial charge < -0.3 is 19.4 Å². The summed E-state index contributed by atoms with van der Waals surface area (Å²) in [6.07, 6.45) is 6.03. The van der Waals surface area contributed by atoms with Crippen molar-refractivity contribution in [2.24, 2.45) is 11.3 Å². The van der Waals surface area contributed by atoms with Gasteiger partial charge in [-0.1, -0.05) is 51.1 Å². The fourth-order valence-corrected chi connectivity index (χ4v) is 8.41. The number of hydrogen-bond acceptors (Lipinski definition) is 4. The highest BCUT2D eigenvalue weighted by Gasteiger charge is 2.58. The zero-order valence-electron chi connectivity index (χ0n) is 26.2. The van der Waals surface area contributed by atoms with Crippen molar-refractivity contribution < 1.29 is 14.3 Å². The van der Waals surface area contributed by atoms with Crippen molar-refractivity contribution in [3.63, 3.8) is 0 Å². The van der Waals surface area contributed by atoms with Crippen molar-refractivity contribution in [1.82, 2.24) is 19.6 Å². The van der Waals surface area contributed by atoms with Crippen LogP contribution in [0.1, 0.15) is 84.6 Å². The first-order valence-corrected chi connectivity index (χ1v) is 15.7. The molecule has 230 valence electrons. The molecule has 4 atom stereocenters. The number of likely N-dealkylation sites (tertiary alicyclic amines) is 1. The van der Waals surface area contributed by atoms with E-state index in [0.717, 1.165) is 52.0 Å². The number of piperidine rings is 1. The normalized spacial score (nSPS) is 30.1. The molecular formula is C33H53ClN4O3. The number of amides is 3. The molecule has 4 heterocycles. The number of rotatable bonds is 9. The molecule has 4 saturated heterocycles. The minimum Gasteiger partial charge on any atom is -0.385 e. The highest BCUT2D eigenvalue weighted by Crippen LogP contribution is 2.48. The number of carbonyl (C=O) groups is 2. The van der Waals surface area contributed by atoms with E-state index >= 15 is 0 Å². The van der Waals surface area contributed by atoms with Crippen LogP contribution in [0.3, 0.4) is 0 Å². The first-order valence-electron chi connectivity index (χ1n) is 15.7. The molecule has 1 aromatic rings. The van der Waals surface area contributed by atoms with Crippen LogP contribution >= 0.6 is 12.4 Å². The smallest absolute Gasteiger partial charge is 0.320 e. The van der Waals surface area contributed by atoms with Gasteiger partial charge in [0.05, 0.1) is 5.54 Å². The molecule has 2 bridgehead atoms. The predicted octanol–water partition coefficient (Wildman–Crippen LogP) is 5.63. The molecule has 0 aromatic heterocycles. The molecular weight excluding hydrogens is 536 g/mol. The molecule has 5 rings (SSSR count). The zero-order valence-corrected chi connectivity index (χ0v) is 27.0. The van der Waals surface area contributed by atoms with Gasteiger partial charge in [-0.05, 0) is 62.8 Å².